The first-order valence-electron chi connectivity index (χ1n) is 8.04. The maximum Gasteiger partial charge on any atom is 0.220 e. The van der Waals surface area contributed by atoms with E-state index in [4.69, 9.17) is 0 Å². The van der Waals surface area contributed by atoms with Crippen molar-refractivity contribution in [2.75, 3.05) is 24.5 Å². The minimum Gasteiger partial charge on any atom is -0.386 e. The molecule has 0 radical (unpaired) electrons. The smallest absolute Gasteiger partial charge is 0.220 e. The predicted molar refractivity (Wildman–Crippen MR) is 89.4 cm³/mol. The van der Waals surface area contributed by atoms with Crippen molar-refractivity contribution in [3.8, 4) is 0 Å². The monoisotopic (exact) mass is 327 g/mol. The summed E-state index contributed by atoms with van der Waals surface area (Å²) < 4.78 is 0. The molecular weight excluding hydrogens is 306 g/mol. The second-order valence-corrected chi connectivity index (χ2v) is 6.10. The molecule has 1 atom stereocenters. The van der Waals surface area contributed by atoms with Crippen molar-refractivity contribution in [2.24, 2.45) is 0 Å². The number of nitrogens with one attached hydrogen (secondary N) is 1. The van der Waals surface area contributed by atoms with Crippen molar-refractivity contribution in [3.63, 3.8) is 0 Å². The van der Waals surface area contributed by atoms with Gasteiger partial charge in [-0.05, 0) is 24.5 Å². The second kappa shape index (κ2) is 7.35. The number of amides is 1. The van der Waals surface area contributed by atoms with E-state index in [1.54, 1.807) is 31.0 Å². The highest BCUT2D eigenvalue weighted by Gasteiger charge is 2.36. The fraction of sp³-hybridized carbons (Fsp3) is 0.412. The quantitative estimate of drug-likeness (QED) is 0.806. The topological polar surface area (TPSA) is 91.2 Å². The molecule has 1 saturated heterocycles. The van der Waals surface area contributed by atoms with Gasteiger partial charge in [0, 0.05) is 50.8 Å². The Morgan fingerprint density at radius 1 is 1.29 bits per heavy atom. The molecule has 7 heteroatoms. The number of hydrogen-bond acceptors (Lipinski definition) is 6. The first-order valence-corrected chi connectivity index (χ1v) is 8.04. The molecule has 0 spiro atoms. The largest absolute Gasteiger partial charge is 0.386 e. The average Bonchev–Trinajstić information content (AvgIpc) is 3.03. The molecule has 2 N–H and O–H groups in total. The van der Waals surface area contributed by atoms with Gasteiger partial charge in [-0.15, -0.1) is 0 Å². The highest BCUT2D eigenvalue weighted by Crippen LogP contribution is 2.24. The van der Waals surface area contributed by atoms with Crippen LogP contribution in [0.25, 0.3) is 0 Å². The molecule has 2 aromatic rings. The third-order valence-corrected chi connectivity index (χ3v) is 4.18. The number of nitrogens with zero attached hydrogens (tertiary/aromatic N) is 4. The van der Waals surface area contributed by atoms with Crippen LogP contribution in [0.15, 0.2) is 43.1 Å². The molecule has 3 heterocycles. The molecule has 0 saturated carbocycles. The van der Waals surface area contributed by atoms with Crippen LogP contribution in [0.2, 0.25) is 0 Å². The number of aromatic nitrogens is 3. The van der Waals surface area contributed by atoms with Gasteiger partial charge in [0.05, 0.1) is 6.20 Å². The van der Waals surface area contributed by atoms with Crippen molar-refractivity contribution in [3.05, 3.63) is 48.7 Å². The summed E-state index contributed by atoms with van der Waals surface area (Å²) in [4.78, 5) is 26.3. The van der Waals surface area contributed by atoms with Crippen LogP contribution >= 0.6 is 0 Å². The van der Waals surface area contributed by atoms with Crippen molar-refractivity contribution in [1.82, 2.24) is 20.3 Å². The number of aryl methyl sites for hydroxylation is 1. The molecule has 1 aliphatic rings. The Morgan fingerprint density at radius 3 is 2.92 bits per heavy atom. The Hall–Kier alpha value is -2.54. The molecule has 2 aromatic heterocycles. The molecule has 0 bridgehead atoms. The lowest BCUT2D eigenvalue weighted by molar-refractivity contribution is -0.122. The van der Waals surface area contributed by atoms with Crippen LogP contribution in [-0.4, -0.2) is 51.2 Å². The zero-order chi connectivity index (χ0) is 16.8. The van der Waals surface area contributed by atoms with Crippen LogP contribution < -0.4 is 10.2 Å². The highest BCUT2D eigenvalue weighted by molar-refractivity contribution is 5.76. The lowest BCUT2D eigenvalue weighted by Crippen LogP contribution is -2.45. The van der Waals surface area contributed by atoms with Crippen molar-refractivity contribution in [1.29, 1.82) is 0 Å². The van der Waals surface area contributed by atoms with E-state index in [0.717, 1.165) is 11.4 Å². The summed E-state index contributed by atoms with van der Waals surface area (Å²) in [6, 6.07) is 3.80. The maximum atomic E-state index is 12.0. The van der Waals surface area contributed by atoms with Crippen LogP contribution in [0.1, 0.15) is 18.4 Å². The molecule has 1 amide bonds. The maximum absolute atomic E-state index is 12.0. The van der Waals surface area contributed by atoms with Crippen molar-refractivity contribution in [2.45, 2.75) is 24.9 Å². The van der Waals surface area contributed by atoms with E-state index in [0.29, 0.717) is 32.4 Å². The number of pyridine rings is 1. The zero-order valence-corrected chi connectivity index (χ0v) is 13.4. The lowest BCUT2D eigenvalue weighted by atomic mass is 10.0. The van der Waals surface area contributed by atoms with Crippen LogP contribution in [0.3, 0.4) is 0 Å². The molecule has 3 rings (SSSR count). The summed E-state index contributed by atoms with van der Waals surface area (Å²) in [6.45, 7) is 1.38. The zero-order valence-electron chi connectivity index (χ0n) is 13.4. The van der Waals surface area contributed by atoms with E-state index >= 15 is 0 Å². The van der Waals surface area contributed by atoms with Crippen LogP contribution in [0, 0.1) is 0 Å². The van der Waals surface area contributed by atoms with Gasteiger partial charge in [0.1, 0.15) is 11.4 Å². The first-order chi connectivity index (χ1) is 11.6. The highest BCUT2D eigenvalue weighted by atomic mass is 16.3. The molecule has 1 aliphatic heterocycles. The summed E-state index contributed by atoms with van der Waals surface area (Å²) in [6.07, 6.45) is 10.0. The fourth-order valence-corrected chi connectivity index (χ4v) is 2.81. The molecule has 1 fully saturated rings. The molecule has 1 unspecified atom stereocenters. The van der Waals surface area contributed by atoms with Gasteiger partial charge < -0.3 is 15.3 Å². The minimum absolute atomic E-state index is 0.0646. The number of aliphatic hydroxyl groups is 1. The van der Waals surface area contributed by atoms with E-state index in [2.05, 4.69) is 20.3 Å². The van der Waals surface area contributed by atoms with Crippen LogP contribution in [-0.2, 0) is 11.2 Å². The van der Waals surface area contributed by atoms with E-state index < -0.39 is 5.60 Å². The van der Waals surface area contributed by atoms with E-state index in [9.17, 15) is 9.90 Å². The third kappa shape index (κ3) is 4.26. The number of anilines is 1. The summed E-state index contributed by atoms with van der Waals surface area (Å²) >= 11 is 0. The first kappa shape index (κ1) is 16.3. The van der Waals surface area contributed by atoms with Gasteiger partial charge in [0.15, 0.2) is 0 Å². The Labute approximate surface area is 140 Å². The standard InChI is InChI=1S/C17H21N5O2/c23-16(4-3-14-2-1-6-18-10-14)21-12-17(24)5-9-22(13-17)15-11-19-7-8-20-15/h1-2,6-8,10-11,24H,3-5,9,12-13H2,(H,21,23). The second-order valence-electron chi connectivity index (χ2n) is 6.10. The Kier molecular flexibility index (Phi) is 5.00. The van der Waals surface area contributed by atoms with Gasteiger partial charge in [-0.2, -0.15) is 0 Å². The van der Waals surface area contributed by atoms with Gasteiger partial charge >= 0.3 is 0 Å². The fourth-order valence-electron chi connectivity index (χ4n) is 2.81. The minimum atomic E-state index is -0.929. The summed E-state index contributed by atoms with van der Waals surface area (Å²) in [5.74, 6) is 0.682. The number of hydrogen-bond donors (Lipinski definition) is 2. The average molecular weight is 327 g/mol. The van der Waals surface area contributed by atoms with E-state index in [-0.39, 0.29) is 12.5 Å². The number of rotatable bonds is 6. The number of carbonyl (C=O) groups excluding carboxylic acids is 1. The summed E-state index contributed by atoms with van der Waals surface area (Å²) in [5.41, 5.74) is 0.0997. The lowest BCUT2D eigenvalue weighted by Gasteiger charge is -2.24. The number of carbonyl (C=O) groups is 1. The van der Waals surface area contributed by atoms with Crippen LogP contribution in [0.5, 0.6) is 0 Å². The molecule has 0 aromatic carbocycles. The summed E-state index contributed by atoms with van der Waals surface area (Å²) in [7, 11) is 0. The Balaban J connectivity index is 1.45. The van der Waals surface area contributed by atoms with Gasteiger partial charge in [0.25, 0.3) is 0 Å². The predicted octanol–water partition coefficient (Wildman–Crippen LogP) is 0.562. The van der Waals surface area contributed by atoms with Gasteiger partial charge in [-0.3, -0.25) is 14.8 Å². The molecule has 24 heavy (non-hydrogen) atoms. The van der Waals surface area contributed by atoms with Crippen LogP contribution in [0.4, 0.5) is 5.82 Å². The normalized spacial score (nSPS) is 20.1. The van der Waals surface area contributed by atoms with Gasteiger partial charge in [-0.25, -0.2) is 4.98 Å². The number of β-amino-alcohol motifs (C(OH)–C–C–N with tert-alkyl or cyclic N) is 1. The molecular formula is C17H21N5O2. The molecule has 7 nitrogen and oxygen atoms in total. The van der Waals surface area contributed by atoms with Crippen molar-refractivity contribution >= 4 is 11.7 Å². The Bertz CT molecular complexity index is 667. The third-order valence-electron chi connectivity index (χ3n) is 4.18. The van der Waals surface area contributed by atoms with E-state index in [1.165, 1.54) is 0 Å². The summed E-state index contributed by atoms with van der Waals surface area (Å²) in [5, 5.41) is 13.5. The van der Waals surface area contributed by atoms with Crippen molar-refractivity contribution < 1.29 is 9.90 Å². The Morgan fingerprint density at radius 2 is 2.17 bits per heavy atom. The molecule has 126 valence electrons. The van der Waals surface area contributed by atoms with E-state index in [1.807, 2.05) is 17.0 Å². The SMILES string of the molecule is O=C(CCc1cccnc1)NCC1(O)CCN(c2cnccn2)C1. The molecule has 0 aliphatic carbocycles. The van der Waals surface area contributed by atoms with Gasteiger partial charge in [0.2, 0.25) is 5.91 Å². The van der Waals surface area contributed by atoms with Gasteiger partial charge in [-0.1, -0.05) is 6.07 Å².